The topological polar surface area (TPSA) is 101 Å². The van der Waals surface area contributed by atoms with Gasteiger partial charge in [-0.25, -0.2) is 14.5 Å². The molecule has 7 heteroatoms. The molecule has 0 spiro atoms. The van der Waals surface area contributed by atoms with E-state index < -0.39 is 5.97 Å². The zero-order valence-electron chi connectivity index (χ0n) is 11.6. The van der Waals surface area contributed by atoms with Gasteiger partial charge in [0.1, 0.15) is 0 Å². The molecule has 0 aliphatic carbocycles. The molecule has 3 aromatic heterocycles. The molecule has 0 aliphatic rings. The molecule has 110 valence electrons. The number of rotatable bonds is 3. The highest BCUT2D eigenvalue weighted by Gasteiger charge is 2.15. The lowest BCUT2D eigenvalue weighted by Gasteiger charge is -2.00. The van der Waals surface area contributed by atoms with Crippen molar-refractivity contribution in [1.29, 1.82) is 0 Å². The average Bonchev–Trinajstić information content (AvgIpc) is 2.83. The molecule has 0 atom stereocenters. The van der Waals surface area contributed by atoms with E-state index in [2.05, 4.69) is 15.1 Å². The summed E-state index contributed by atoms with van der Waals surface area (Å²) in [6.07, 6.45) is 4.45. The fraction of sp³-hybridized carbons (Fsp3) is 0.0667. The summed E-state index contributed by atoms with van der Waals surface area (Å²) < 4.78 is 1.29. The van der Waals surface area contributed by atoms with Gasteiger partial charge in [-0.2, -0.15) is 0 Å². The maximum atomic E-state index is 12.6. The van der Waals surface area contributed by atoms with Crippen LogP contribution in [0.15, 0.2) is 47.7 Å². The van der Waals surface area contributed by atoms with Crippen molar-refractivity contribution in [3.63, 3.8) is 0 Å². The predicted molar refractivity (Wildman–Crippen MR) is 79.1 cm³/mol. The molecule has 0 saturated carbocycles. The van der Waals surface area contributed by atoms with Gasteiger partial charge in [-0.3, -0.25) is 14.9 Å². The molecule has 0 unspecified atom stereocenters. The maximum absolute atomic E-state index is 12.6. The summed E-state index contributed by atoms with van der Waals surface area (Å²) in [7, 11) is 0. The Morgan fingerprint density at radius 1 is 1.23 bits per heavy atom. The second-order valence-electron chi connectivity index (χ2n) is 4.70. The molecule has 0 amide bonds. The van der Waals surface area contributed by atoms with E-state index in [1.807, 2.05) is 0 Å². The van der Waals surface area contributed by atoms with Crippen molar-refractivity contribution in [1.82, 2.24) is 19.7 Å². The monoisotopic (exact) mass is 296 g/mol. The van der Waals surface area contributed by atoms with Crippen molar-refractivity contribution < 1.29 is 9.90 Å². The number of hydrogen-bond acceptors (Lipinski definition) is 4. The van der Waals surface area contributed by atoms with Gasteiger partial charge in [0.25, 0.3) is 5.56 Å². The van der Waals surface area contributed by atoms with Crippen LogP contribution in [0.2, 0.25) is 0 Å². The molecule has 3 heterocycles. The van der Waals surface area contributed by atoms with Gasteiger partial charge in [-0.05, 0) is 36.8 Å². The third-order valence-electron chi connectivity index (χ3n) is 3.26. The number of aromatic carboxylic acids is 1. The third kappa shape index (κ3) is 2.28. The number of carboxylic acids is 1. The number of H-pyrrole nitrogens is 1. The molecule has 7 nitrogen and oxygen atoms in total. The molecule has 0 fully saturated rings. The highest BCUT2D eigenvalue weighted by molar-refractivity contribution is 5.87. The minimum absolute atomic E-state index is 0.0643. The maximum Gasteiger partial charge on any atom is 0.337 e. The Bertz CT molecular complexity index is 879. The molecule has 0 radical (unpaired) electrons. The van der Waals surface area contributed by atoms with Crippen molar-refractivity contribution in [2.45, 2.75) is 6.92 Å². The van der Waals surface area contributed by atoms with E-state index in [0.29, 0.717) is 17.1 Å². The summed E-state index contributed by atoms with van der Waals surface area (Å²) in [5.74, 6) is -0.732. The molecule has 3 aromatic rings. The lowest BCUT2D eigenvalue weighted by atomic mass is 10.1. The molecular formula is C15H12N4O3. The molecule has 0 bridgehead atoms. The zero-order valence-corrected chi connectivity index (χ0v) is 11.6. The summed E-state index contributed by atoms with van der Waals surface area (Å²) in [5, 5.41) is 11.8. The van der Waals surface area contributed by atoms with E-state index in [0.717, 1.165) is 5.56 Å². The van der Waals surface area contributed by atoms with Gasteiger partial charge in [0.15, 0.2) is 5.82 Å². The van der Waals surface area contributed by atoms with E-state index in [1.165, 1.54) is 23.0 Å². The first kappa shape index (κ1) is 13.7. The van der Waals surface area contributed by atoms with Gasteiger partial charge in [-0.15, -0.1) is 0 Å². The molecule has 0 aromatic carbocycles. The van der Waals surface area contributed by atoms with Crippen molar-refractivity contribution in [2.24, 2.45) is 0 Å². The molecular weight excluding hydrogens is 284 g/mol. The number of aryl methyl sites for hydroxylation is 1. The fourth-order valence-electron chi connectivity index (χ4n) is 2.21. The fourth-order valence-corrected chi connectivity index (χ4v) is 2.21. The van der Waals surface area contributed by atoms with Crippen molar-refractivity contribution in [2.75, 3.05) is 0 Å². The molecule has 22 heavy (non-hydrogen) atoms. The Labute approximate surface area is 124 Å². The van der Waals surface area contributed by atoms with E-state index in [4.69, 9.17) is 5.11 Å². The number of aromatic amines is 1. The highest BCUT2D eigenvalue weighted by atomic mass is 16.4. The second kappa shape index (κ2) is 5.28. The summed E-state index contributed by atoms with van der Waals surface area (Å²) >= 11 is 0. The van der Waals surface area contributed by atoms with Crippen molar-refractivity contribution in [3.8, 4) is 16.9 Å². The Balaban J connectivity index is 2.10. The molecule has 0 saturated heterocycles. The van der Waals surface area contributed by atoms with Gasteiger partial charge in [0.05, 0.1) is 11.1 Å². The quantitative estimate of drug-likeness (QED) is 0.765. The Kier molecular flexibility index (Phi) is 3.30. The van der Waals surface area contributed by atoms with Crippen LogP contribution in [-0.2, 0) is 0 Å². The van der Waals surface area contributed by atoms with Crippen molar-refractivity contribution >= 4 is 5.97 Å². The van der Waals surface area contributed by atoms with E-state index in [9.17, 15) is 9.59 Å². The van der Waals surface area contributed by atoms with Crippen LogP contribution in [0, 0.1) is 6.92 Å². The molecule has 2 N–H and O–H groups in total. The van der Waals surface area contributed by atoms with Gasteiger partial charge in [0, 0.05) is 24.3 Å². The molecule has 0 aliphatic heterocycles. The normalized spacial score (nSPS) is 10.6. The number of carboxylic acid groups (broad SMARTS) is 1. The molecule has 3 rings (SSSR count). The number of hydrogen-bond donors (Lipinski definition) is 2. The number of carbonyl (C=O) groups is 1. The summed E-state index contributed by atoms with van der Waals surface area (Å²) in [4.78, 5) is 31.4. The lowest BCUT2D eigenvalue weighted by Crippen LogP contribution is -2.17. The van der Waals surface area contributed by atoms with Crippen molar-refractivity contribution in [3.05, 3.63) is 64.5 Å². The van der Waals surface area contributed by atoms with Crippen LogP contribution in [0.1, 0.15) is 16.1 Å². The first-order valence-electron chi connectivity index (χ1n) is 6.49. The second-order valence-corrected chi connectivity index (χ2v) is 4.70. The first-order valence-corrected chi connectivity index (χ1v) is 6.49. The lowest BCUT2D eigenvalue weighted by molar-refractivity contribution is 0.0696. The third-order valence-corrected chi connectivity index (χ3v) is 3.26. The van der Waals surface area contributed by atoms with Crippen LogP contribution in [0.4, 0.5) is 0 Å². The Morgan fingerprint density at radius 2 is 1.95 bits per heavy atom. The largest absolute Gasteiger partial charge is 0.478 e. The Hall–Kier alpha value is -3.22. The SMILES string of the molecule is Cc1[nH]n(-c2ccc(C(=O)O)cn2)c(=O)c1-c1ccncc1. The minimum atomic E-state index is -1.06. The summed E-state index contributed by atoms with van der Waals surface area (Å²) in [5.41, 5.74) is 1.80. The van der Waals surface area contributed by atoms with E-state index in [1.54, 1.807) is 31.5 Å². The van der Waals surface area contributed by atoms with E-state index in [-0.39, 0.29) is 11.1 Å². The van der Waals surface area contributed by atoms with Crippen LogP contribution in [0.3, 0.4) is 0 Å². The predicted octanol–water partition coefficient (Wildman–Crippen LogP) is 1.63. The van der Waals surface area contributed by atoms with Gasteiger partial charge >= 0.3 is 5.97 Å². The summed E-state index contributed by atoms with van der Waals surface area (Å²) in [6, 6.07) is 6.39. The standard InChI is InChI=1S/C15H12N4O3/c1-9-13(10-4-6-16-7-5-10)14(20)19(18-9)12-3-2-11(8-17-12)15(21)22/h2-8,18H,1H3,(H,21,22). The van der Waals surface area contributed by atoms with Gasteiger partial charge in [0.2, 0.25) is 0 Å². The van der Waals surface area contributed by atoms with Crippen LogP contribution >= 0.6 is 0 Å². The average molecular weight is 296 g/mol. The highest BCUT2D eigenvalue weighted by Crippen LogP contribution is 2.18. The van der Waals surface area contributed by atoms with Gasteiger partial charge < -0.3 is 5.11 Å². The number of nitrogens with one attached hydrogen (secondary N) is 1. The first-order chi connectivity index (χ1) is 10.6. The van der Waals surface area contributed by atoms with Crippen LogP contribution in [0.25, 0.3) is 16.9 Å². The van der Waals surface area contributed by atoms with E-state index >= 15 is 0 Å². The van der Waals surface area contributed by atoms with Gasteiger partial charge in [-0.1, -0.05) is 0 Å². The number of pyridine rings is 2. The number of nitrogens with zero attached hydrogens (tertiary/aromatic N) is 3. The summed E-state index contributed by atoms with van der Waals surface area (Å²) in [6.45, 7) is 1.79. The van der Waals surface area contributed by atoms with Crippen LogP contribution in [-0.4, -0.2) is 30.8 Å². The van der Waals surface area contributed by atoms with Crippen LogP contribution < -0.4 is 5.56 Å². The zero-order chi connectivity index (χ0) is 15.7. The smallest absolute Gasteiger partial charge is 0.337 e. The number of aromatic nitrogens is 4. The Morgan fingerprint density at radius 3 is 2.55 bits per heavy atom. The minimum Gasteiger partial charge on any atom is -0.478 e. The van der Waals surface area contributed by atoms with Crippen LogP contribution in [0.5, 0.6) is 0 Å².